The van der Waals surface area contributed by atoms with Crippen molar-refractivity contribution >= 4 is 28.8 Å². The van der Waals surface area contributed by atoms with Crippen molar-refractivity contribution in [2.45, 2.75) is 26.8 Å². The number of aryl methyl sites for hydroxylation is 2. The third-order valence-corrected chi connectivity index (χ3v) is 6.23. The number of ether oxygens (including phenoxy) is 1. The lowest BCUT2D eigenvalue weighted by molar-refractivity contribution is -0.118. The number of hydrogen-bond acceptors (Lipinski definition) is 4. The van der Waals surface area contributed by atoms with Crippen molar-refractivity contribution in [3.8, 4) is 5.75 Å². The van der Waals surface area contributed by atoms with Gasteiger partial charge in [-0.05, 0) is 78.2 Å². The summed E-state index contributed by atoms with van der Waals surface area (Å²) < 4.78 is 5.61. The highest BCUT2D eigenvalue weighted by Crippen LogP contribution is 2.25. The van der Waals surface area contributed by atoms with E-state index in [0.29, 0.717) is 24.5 Å². The van der Waals surface area contributed by atoms with Crippen LogP contribution in [0.4, 0.5) is 5.69 Å². The largest absolute Gasteiger partial charge is 0.484 e. The first-order valence-electron chi connectivity index (χ1n) is 9.94. The fourth-order valence-electron chi connectivity index (χ4n) is 3.51. The molecule has 1 aromatic heterocycles. The molecule has 0 atom stereocenters. The van der Waals surface area contributed by atoms with Crippen LogP contribution in [0.1, 0.15) is 31.9 Å². The van der Waals surface area contributed by atoms with Gasteiger partial charge in [0.25, 0.3) is 11.8 Å². The van der Waals surface area contributed by atoms with Crippen LogP contribution in [0.15, 0.2) is 53.9 Å². The Hall–Kier alpha value is -3.12. The zero-order chi connectivity index (χ0) is 21.1. The summed E-state index contributed by atoms with van der Waals surface area (Å²) in [4.78, 5) is 27.6. The normalized spacial score (nSPS) is 12.9. The minimum atomic E-state index is -0.212. The van der Waals surface area contributed by atoms with Gasteiger partial charge in [-0.15, -0.1) is 11.3 Å². The van der Waals surface area contributed by atoms with Crippen molar-refractivity contribution in [3.05, 3.63) is 81.0 Å². The number of thiophene rings is 1. The summed E-state index contributed by atoms with van der Waals surface area (Å²) in [6, 6.07) is 15.4. The van der Waals surface area contributed by atoms with Crippen LogP contribution in [0.5, 0.6) is 5.75 Å². The molecule has 2 amide bonds. The minimum absolute atomic E-state index is 0.0530. The van der Waals surface area contributed by atoms with Crippen molar-refractivity contribution in [1.29, 1.82) is 0 Å². The Labute approximate surface area is 180 Å². The van der Waals surface area contributed by atoms with E-state index in [-0.39, 0.29) is 18.4 Å². The molecule has 0 unspecified atom stereocenters. The molecule has 0 bridgehead atoms. The lowest BCUT2D eigenvalue weighted by atomic mass is 9.99. The van der Waals surface area contributed by atoms with Crippen LogP contribution >= 0.6 is 11.3 Å². The second kappa shape index (κ2) is 8.71. The van der Waals surface area contributed by atoms with E-state index >= 15 is 0 Å². The van der Waals surface area contributed by atoms with Crippen molar-refractivity contribution in [2.75, 3.05) is 18.5 Å². The Balaban J connectivity index is 1.37. The number of rotatable bonds is 5. The Morgan fingerprint density at radius 1 is 1.07 bits per heavy atom. The molecule has 0 saturated carbocycles. The van der Waals surface area contributed by atoms with Crippen LogP contribution in [0.25, 0.3) is 0 Å². The van der Waals surface area contributed by atoms with Gasteiger partial charge < -0.3 is 15.0 Å². The number of hydrogen-bond donors (Lipinski definition) is 1. The molecular weight excluding hydrogens is 396 g/mol. The average molecular weight is 421 g/mol. The molecule has 1 aliphatic rings. The van der Waals surface area contributed by atoms with Gasteiger partial charge in [-0.2, -0.15) is 0 Å². The van der Waals surface area contributed by atoms with E-state index in [1.54, 1.807) is 0 Å². The summed E-state index contributed by atoms with van der Waals surface area (Å²) in [6.45, 7) is 5.26. The number of benzene rings is 2. The van der Waals surface area contributed by atoms with Crippen LogP contribution in [-0.4, -0.2) is 29.9 Å². The maximum Gasteiger partial charge on any atom is 0.264 e. The van der Waals surface area contributed by atoms with Gasteiger partial charge in [0.1, 0.15) is 5.75 Å². The predicted octanol–water partition coefficient (Wildman–Crippen LogP) is 4.58. The molecule has 0 aliphatic carbocycles. The molecule has 154 valence electrons. The van der Waals surface area contributed by atoms with E-state index in [4.69, 9.17) is 4.74 Å². The van der Waals surface area contributed by atoms with E-state index in [0.717, 1.165) is 22.4 Å². The fraction of sp³-hybridized carbons (Fsp3) is 0.250. The number of amides is 2. The molecule has 0 radical (unpaired) electrons. The lowest BCUT2D eigenvalue weighted by Crippen LogP contribution is -2.35. The summed E-state index contributed by atoms with van der Waals surface area (Å²) in [6.07, 6.45) is 0.816. The van der Waals surface area contributed by atoms with Gasteiger partial charge in [-0.1, -0.05) is 18.2 Å². The minimum Gasteiger partial charge on any atom is -0.484 e. The summed E-state index contributed by atoms with van der Waals surface area (Å²) in [7, 11) is 0. The molecule has 5 nitrogen and oxygen atoms in total. The zero-order valence-electron chi connectivity index (χ0n) is 17.1. The first-order valence-corrected chi connectivity index (χ1v) is 10.8. The highest BCUT2D eigenvalue weighted by molar-refractivity contribution is 7.12. The van der Waals surface area contributed by atoms with Gasteiger partial charge in [0.15, 0.2) is 6.61 Å². The predicted molar refractivity (Wildman–Crippen MR) is 119 cm³/mol. The van der Waals surface area contributed by atoms with Crippen molar-refractivity contribution < 1.29 is 14.3 Å². The van der Waals surface area contributed by atoms with Gasteiger partial charge in [0, 0.05) is 18.8 Å². The SMILES string of the molecule is Cc1ccc(OCC(=O)Nc2ccc3c(c2)CN(C(=O)c2cccs2)CC3)cc1C. The second-order valence-corrected chi connectivity index (χ2v) is 8.47. The van der Waals surface area contributed by atoms with Crippen LogP contribution in [0, 0.1) is 13.8 Å². The highest BCUT2D eigenvalue weighted by Gasteiger charge is 2.22. The number of carbonyl (C=O) groups excluding carboxylic acids is 2. The fourth-order valence-corrected chi connectivity index (χ4v) is 4.20. The lowest BCUT2D eigenvalue weighted by Gasteiger charge is -2.29. The first kappa shape index (κ1) is 20.2. The smallest absolute Gasteiger partial charge is 0.264 e. The van der Waals surface area contributed by atoms with Crippen LogP contribution in [-0.2, 0) is 17.8 Å². The molecule has 1 aliphatic heterocycles. The molecule has 30 heavy (non-hydrogen) atoms. The summed E-state index contributed by atoms with van der Waals surface area (Å²) in [5.41, 5.74) is 5.32. The van der Waals surface area contributed by atoms with Crippen molar-refractivity contribution in [3.63, 3.8) is 0 Å². The molecule has 1 N–H and O–H groups in total. The van der Waals surface area contributed by atoms with Gasteiger partial charge in [0.05, 0.1) is 4.88 Å². The molecule has 0 fully saturated rings. The third kappa shape index (κ3) is 4.54. The number of carbonyl (C=O) groups is 2. The molecule has 0 saturated heterocycles. The topological polar surface area (TPSA) is 58.6 Å². The maximum atomic E-state index is 12.6. The molecular formula is C24H24N2O3S. The van der Waals surface area contributed by atoms with Gasteiger partial charge >= 0.3 is 0 Å². The van der Waals surface area contributed by atoms with E-state index in [2.05, 4.69) is 5.32 Å². The van der Waals surface area contributed by atoms with E-state index in [1.807, 2.05) is 72.7 Å². The van der Waals surface area contributed by atoms with Gasteiger partial charge in [0.2, 0.25) is 0 Å². The standard InChI is InChI=1S/C24H24N2O3S/c1-16-5-8-21(12-17(16)2)29-15-23(27)25-20-7-6-18-9-10-26(14-19(18)13-20)24(28)22-4-3-11-30-22/h3-8,11-13H,9-10,14-15H2,1-2H3,(H,25,27). The van der Waals surface area contributed by atoms with Crippen LogP contribution in [0.3, 0.4) is 0 Å². The third-order valence-electron chi connectivity index (χ3n) is 5.37. The van der Waals surface area contributed by atoms with Gasteiger partial charge in [-0.25, -0.2) is 0 Å². The monoisotopic (exact) mass is 420 g/mol. The molecule has 2 heterocycles. The Bertz CT molecular complexity index is 1080. The summed E-state index contributed by atoms with van der Waals surface area (Å²) >= 11 is 1.46. The van der Waals surface area contributed by atoms with Gasteiger partial charge in [-0.3, -0.25) is 9.59 Å². The summed E-state index contributed by atoms with van der Waals surface area (Å²) in [5, 5.41) is 4.81. The molecule has 2 aromatic carbocycles. The van der Waals surface area contributed by atoms with E-state index < -0.39 is 0 Å². The highest BCUT2D eigenvalue weighted by atomic mass is 32.1. The van der Waals surface area contributed by atoms with E-state index in [1.165, 1.54) is 22.5 Å². The number of nitrogens with one attached hydrogen (secondary N) is 1. The number of anilines is 1. The molecule has 0 spiro atoms. The first-order chi connectivity index (χ1) is 14.5. The Kier molecular flexibility index (Phi) is 5.86. The second-order valence-electron chi connectivity index (χ2n) is 7.52. The number of nitrogens with zero attached hydrogens (tertiary/aromatic N) is 1. The van der Waals surface area contributed by atoms with Crippen molar-refractivity contribution in [1.82, 2.24) is 4.90 Å². The Morgan fingerprint density at radius 3 is 2.70 bits per heavy atom. The molecule has 6 heteroatoms. The zero-order valence-corrected chi connectivity index (χ0v) is 17.9. The molecule has 3 aromatic rings. The molecule has 4 rings (SSSR count). The van der Waals surface area contributed by atoms with Crippen molar-refractivity contribution in [2.24, 2.45) is 0 Å². The van der Waals surface area contributed by atoms with Crippen LogP contribution < -0.4 is 10.1 Å². The maximum absolute atomic E-state index is 12.6. The average Bonchev–Trinajstić information content (AvgIpc) is 3.28. The van der Waals surface area contributed by atoms with Crippen LogP contribution in [0.2, 0.25) is 0 Å². The van der Waals surface area contributed by atoms with E-state index in [9.17, 15) is 9.59 Å². The summed E-state index contributed by atoms with van der Waals surface area (Å²) in [5.74, 6) is 0.531. The number of fused-ring (bicyclic) bond motifs is 1. The quantitative estimate of drug-likeness (QED) is 0.657. The Morgan fingerprint density at radius 2 is 1.93 bits per heavy atom.